The van der Waals surface area contributed by atoms with Crippen molar-refractivity contribution in [1.29, 1.82) is 0 Å². The van der Waals surface area contributed by atoms with E-state index in [0.29, 0.717) is 24.5 Å². The molecule has 184 valence electrons. The molecule has 0 aliphatic carbocycles. The zero-order valence-electron chi connectivity index (χ0n) is 21.0. The number of aryl methyl sites for hydroxylation is 1. The summed E-state index contributed by atoms with van der Waals surface area (Å²) in [4.78, 5) is 18.9. The van der Waals surface area contributed by atoms with E-state index in [2.05, 4.69) is 43.6 Å². The molecular weight excluding hydrogens is 452 g/mol. The van der Waals surface area contributed by atoms with Gasteiger partial charge < -0.3 is 9.40 Å². The van der Waals surface area contributed by atoms with E-state index in [0.717, 1.165) is 27.8 Å². The normalized spacial score (nSPS) is 12.9. The van der Waals surface area contributed by atoms with Gasteiger partial charge in [0, 0.05) is 17.6 Å². The van der Waals surface area contributed by atoms with E-state index < -0.39 is 6.04 Å². The summed E-state index contributed by atoms with van der Waals surface area (Å²) in [5.74, 6) is 1.39. The van der Waals surface area contributed by atoms with Crippen LogP contribution in [-0.2, 0) is 18.6 Å². The molecule has 0 spiro atoms. The van der Waals surface area contributed by atoms with Gasteiger partial charge in [-0.3, -0.25) is 9.69 Å². The fraction of sp³-hybridized carbons (Fsp3) is 0.286. The summed E-state index contributed by atoms with van der Waals surface area (Å²) >= 11 is 0. The summed E-state index contributed by atoms with van der Waals surface area (Å²) < 4.78 is 7.54. The highest BCUT2D eigenvalue weighted by molar-refractivity contribution is 5.79. The highest BCUT2D eigenvalue weighted by Crippen LogP contribution is 2.32. The fourth-order valence-corrected chi connectivity index (χ4v) is 4.55. The van der Waals surface area contributed by atoms with E-state index in [1.807, 2.05) is 76.2 Å². The molecule has 36 heavy (non-hydrogen) atoms. The van der Waals surface area contributed by atoms with Crippen LogP contribution < -0.4 is 5.56 Å². The zero-order chi connectivity index (χ0) is 25.3. The molecule has 1 N–H and O–H groups in total. The average molecular weight is 483 g/mol. The smallest absolute Gasteiger partial charge is 0.253 e. The van der Waals surface area contributed by atoms with E-state index in [1.54, 1.807) is 10.9 Å². The van der Waals surface area contributed by atoms with Gasteiger partial charge in [-0.15, -0.1) is 5.10 Å². The summed E-state index contributed by atoms with van der Waals surface area (Å²) in [7, 11) is 0. The van der Waals surface area contributed by atoms with Crippen molar-refractivity contribution in [3.63, 3.8) is 0 Å². The van der Waals surface area contributed by atoms with Crippen LogP contribution in [-0.4, -0.2) is 30.1 Å². The lowest BCUT2D eigenvalue weighted by Crippen LogP contribution is -2.37. The van der Waals surface area contributed by atoms with Gasteiger partial charge in [0.1, 0.15) is 11.8 Å². The second-order valence-electron chi connectivity index (χ2n) is 10.1. The van der Waals surface area contributed by atoms with Crippen LogP contribution in [0.4, 0.5) is 0 Å². The van der Waals surface area contributed by atoms with Gasteiger partial charge in [0.15, 0.2) is 5.82 Å². The van der Waals surface area contributed by atoms with Gasteiger partial charge in [-0.05, 0) is 79.4 Å². The molecule has 8 heteroatoms. The Morgan fingerprint density at radius 3 is 2.56 bits per heavy atom. The topological polar surface area (TPSA) is 92.8 Å². The molecule has 0 amide bonds. The Bertz CT molecular complexity index is 1510. The quantitative estimate of drug-likeness (QED) is 0.352. The molecule has 0 radical (unpaired) electrons. The third-order valence-corrected chi connectivity index (χ3v) is 6.23. The summed E-state index contributed by atoms with van der Waals surface area (Å²) in [6.45, 7) is 9.22. The maximum Gasteiger partial charge on any atom is 0.253 e. The number of benzene rings is 2. The first kappa shape index (κ1) is 23.7. The van der Waals surface area contributed by atoms with Crippen LogP contribution in [0.3, 0.4) is 0 Å². The fourth-order valence-electron chi connectivity index (χ4n) is 4.55. The lowest BCUT2D eigenvalue weighted by Gasteiger charge is -2.32. The summed E-state index contributed by atoms with van der Waals surface area (Å²) in [6, 6.07) is 21.4. The lowest BCUT2D eigenvalue weighted by atomic mass is 10.00. The minimum Gasteiger partial charge on any atom is -0.468 e. The number of hydrogen-bond donors (Lipinski definition) is 1. The number of rotatable bonds is 7. The van der Waals surface area contributed by atoms with E-state index in [1.165, 1.54) is 0 Å². The Labute approximate surface area is 209 Å². The highest BCUT2D eigenvalue weighted by Gasteiger charge is 2.34. The molecule has 0 aliphatic heterocycles. The number of furan rings is 1. The zero-order valence-corrected chi connectivity index (χ0v) is 21.0. The van der Waals surface area contributed by atoms with E-state index >= 15 is 0 Å². The van der Waals surface area contributed by atoms with E-state index in [9.17, 15) is 4.79 Å². The molecule has 5 rings (SSSR count). The van der Waals surface area contributed by atoms with Crippen molar-refractivity contribution >= 4 is 10.9 Å². The number of fused-ring (bicyclic) bond motifs is 1. The molecule has 8 nitrogen and oxygen atoms in total. The Morgan fingerprint density at radius 2 is 1.83 bits per heavy atom. The third-order valence-electron chi connectivity index (χ3n) is 6.23. The Hall–Kier alpha value is -4.04. The number of H-pyrrole nitrogens is 1. The van der Waals surface area contributed by atoms with Gasteiger partial charge in [0.2, 0.25) is 0 Å². The molecule has 3 heterocycles. The number of nitrogens with one attached hydrogen (secondary N) is 1. The van der Waals surface area contributed by atoms with Crippen molar-refractivity contribution in [3.8, 4) is 0 Å². The van der Waals surface area contributed by atoms with E-state index in [4.69, 9.17) is 4.42 Å². The predicted octanol–water partition coefficient (Wildman–Crippen LogP) is 4.96. The van der Waals surface area contributed by atoms with Crippen molar-refractivity contribution in [2.24, 2.45) is 0 Å². The van der Waals surface area contributed by atoms with Crippen LogP contribution in [0.15, 0.2) is 82.2 Å². The van der Waals surface area contributed by atoms with Crippen LogP contribution in [0.25, 0.3) is 10.9 Å². The molecular formula is C28H30N6O2. The van der Waals surface area contributed by atoms with Gasteiger partial charge in [0.25, 0.3) is 5.56 Å². The molecule has 0 fully saturated rings. The second-order valence-corrected chi connectivity index (χ2v) is 10.1. The Kier molecular flexibility index (Phi) is 6.28. The van der Waals surface area contributed by atoms with E-state index in [-0.39, 0.29) is 11.1 Å². The van der Waals surface area contributed by atoms with Crippen LogP contribution >= 0.6 is 0 Å². The number of tetrazole rings is 1. The maximum absolute atomic E-state index is 13.6. The predicted molar refractivity (Wildman–Crippen MR) is 138 cm³/mol. The summed E-state index contributed by atoms with van der Waals surface area (Å²) in [5, 5.41) is 13.8. The van der Waals surface area contributed by atoms with Crippen LogP contribution in [0.2, 0.25) is 0 Å². The van der Waals surface area contributed by atoms with Crippen molar-refractivity contribution in [3.05, 3.63) is 112 Å². The van der Waals surface area contributed by atoms with Crippen LogP contribution in [0.1, 0.15) is 55.1 Å². The lowest BCUT2D eigenvalue weighted by molar-refractivity contribution is 0.171. The molecule has 3 aromatic heterocycles. The summed E-state index contributed by atoms with van der Waals surface area (Å²) in [5.41, 5.74) is 3.04. The molecule has 1 atom stereocenters. The number of aromatic nitrogens is 5. The third kappa shape index (κ3) is 4.85. The first-order valence-corrected chi connectivity index (χ1v) is 12.0. The molecule has 0 saturated heterocycles. The highest BCUT2D eigenvalue weighted by atomic mass is 16.3. The minimum atomic E-state index is -0.529. The molecule has 0 unspecified atom stereocenters. The first-order valence-electron chi connectivity index (χ1n) is 12.0. The average Bonchev–Trinajstić information content (AvgIpc) is 3.53. The number of aromatic amines is 1. The maximum atomic E-state index is 13.6. The van der Waals surface area contributed by atoms with Crippen molar-refractivity contribution in [1.82, 2.24) is 30.1 Å². The number of pyridine rings is 1. The SMILES string of the molecule is Cc1ccc2[nH]c(=O)c([C@H](c3nnnn3C(C)(C)C)N(Cc3ccccc3)Cc3ccco3)cc2c1. The first-order chi connectivity index (χ1) is 17.3. The number of nitrogens with zero attached hydrogens (tertiary/aromatic N) is 5. The molecule has 5 aromatic rings. The molecule has 0 saturated carbocycles. The van der Waals surface area contributed by atoms with Crippen molar-refractivity contribution < 1.29 is 4.42 Å². The standard InChI is InChI=1S/C28H30N6O2/c1-19-12-13-24-21(15-19)16-23(27(35)29-24)25(26-30-31-32-34(26)28(2,3)4)33(18-22-11-8-14-36-22)17-20-9-6-5-7-10-20/h5-16,25H,17-18H2,1-4H3,(H,29,35)/t25-/m1/s1. The van der Waals surface area contributed by atoms with Crippen LogP contribution in [0, 0.1) is 6.92 Å². The minimum absolute atomic E-state index is 0.169. The van der Waals surface area contributed by atoms with Crippen LogP contribution in [0.5, 0.6) is 0 Å². The van der Waals surface area contributed by atoms with Gasteiger partial charge in [-0.25, -0.2) is 4.68 Å². The Morgan fingerprint density at radius 1 is 1.03 bits per heavy atom. The number of hydrogen-bond acceptors (Lipinski definition) is 6. The summed E-state index contributed by atoms with van der Waals surface area (Å²) in [6.07, 6.45) is 1.66. The molecule has 0 aliphatic rings. The second kappa shape index (κ2) is 9.54. The van der Waals surface area contributed by atoms with Crippen molar-refractivity contribution in [2.75, 3.05) is 0 Å². The van der Waals surface area contributed by atoms with Gasteiger partial charge in [-0.2, -0.15) is 0 Å². The van der Waals surface area contributed by atoms with Gasteiger partial charge >= 0.3 is 0 Å². The van der Waals surface area contributed by atoms with Gasteiger partial charge in [0.05, 0.1) is 18.3 Å². The van der Waals surface area contributed by atoms with Gasteiger partial charge in [-0.1, -0.05) is 42.0 Å². The molecule has 2 aromatic carbocycles. The van der Waals surface area contributed by atoms with Crippen molar-refractivity contribution in [2.45, 2.75) is 52.4 Å². The Balaban J connectivity index is 1.73. The largest absolute Gasteiger partial charge is 0.468 e. The monoisotopic (exact) mass is 482 g/mol. The molecule has 0 bridgehead atoms.